The predicted octanol–water partition coefficient (Wildman–Crippen LogP) is 13.7. The van der Waals surface area contributed by atoms with Crippen molar-refractivity contribution >= 4 is 44.5 Å². The Labute approximate surface area is 351 Å². The van der Waals surface area contributed by atoms with Crippen LogP contribution in [0.2, 0.25) is 0 Å². The summed E-state index contributed by atoms with van der Waals surface area (Å²) in [6.45, 7) is 0. The van der Waals surface area contributed by atoms with Gasteiger partial charge < -0.3 is 4.57 Å². The molecular formula is C53H37IN4. The fourth-order valence-corrected chi connectivity index (χ4v) is 8.80. The number of pyridine rings is 1. The number of nitrogens with zero attached hydrogens (tertiary/aromatic N) is 4. The van der Waals surface area contributed by atoms with Gasteiger partial charge in [-0.3, -0.25) is 4.98 Å². The highest BCUT2D eigenvalue weighted by molar-refractivity contribution is 14.1. The van der Waals surface area contributed by atoms with Crippen molar-refractivity contribution < 1.29 is 0 Å². The lowest BCUT2D eigenvalue weighted by Gasteiger charge is -2.17. The van der Waals surface area contributed by atoms with E-state index in [1.807, 2.05) is 48.7 Å². The molecule has 4 nitrogen and oxygen atoms in total. The number of aromatic nitrogens is 4. The van der Waals surface area contributed by atoms with Crippen LogP contribution in [-0.4, -0.2) is 19.5 Å². The molecule has 0 saturated carbocycles. The highest BCUT2D eigenvalue weighted by Crippen LogP contribution is 2.39. The first kappa shape index (κ1) is 35.7. The second-order valence-corrected chi connectivity index (χ2v) is 15.6. The first-order valence-electron chi connectivity index (χ1n) is 19.6. The highest BCUT2D eigenvalue weighted by Gasteiger charge is 2.19. The lowest BCUT2D eigenvalue weighted by molar-refractivity contribution is 0.964. The average molecular weight is 857 g/mol. The Bertz CT molecular complexity index is 3010. The van der Waals surface area contributed by atoms with E-state index >= 15 is 0 Å². The van der Waals surface area contributed by atoms with E-state index in [1.54, 1.807) is 0 Å². The smallest absolute Gasteiger partial charge is 0.160 e. The first-order chi connectivity index (χ1) is 28.7. The van der Waals surface area contributed by atoms with Gasteiger partial charge >= 0.3 is 0 Å². The van der Waals surface area contributed by atoms with Gasteiger partial charge in [0, 0.05) is 37.5 Å². The third-order valence-corrected chi connectivity index (χ3v) is 11.8. The van der Waals surface area contributed by atoms with Gasteiger partial charge in [0.25, 0.3) is 0 Å². The Hall–Kier alpha value is -6.70. The van der Waals surface area contributed by atoms with Crippen LogP contribution in [0.15, 0.2) is 200 Å². The molecule has 58 heavy (non-hydrogen) atoms. The van der Waals surface area contributed by atoms with Gasteiger partial charge in [-0.1, -0.05) is 146 Å². The SMILES string of the molecule is Ic1ccccc1-c1cccc(-c2ccc3c(c2)c2ncccc2n3-c2cccc(-c3cc(-c4ccccc4)nc(-c4ccccc4)n3)c2)c1CCc1ccccc1. The molecule has 0 aliphatic rings. The predicted molar refractivity (Wildman–Crippen MR) is 248 cm³/mol. The van der Waals surface area contributed by atoms with Crippen LogP contribution in [0, 0.1) is 3.57 Å². The number of halogens is 1. The first-order valence-corrected chi connectivity index (χ1v) is 20.7. The van der Waals surface area contributed by atoms with E-state index in [1.165, 1.54) is 37.0 Å². The molecular weight excluding hydrogens is 820 g/mol. The minimum atomic E-state index is 0.699. The van der Waals surface area contributed by atoms with Crippen molar-refractivity contribution in [2.24, 2.45) is 0 Å². The van der Waals surface area contributed by atoms with Crippen molar-refractivity contribution in [3.05, 3.63) is 215 Å². The van der Waals surface area contributed by atoms with E-state index in [9.17, 15) is 0 Å². The number of rotatable bonds is 9. The van der Waals surface area contributed by atoms with E-state index < -0.39 is 0 Å². The summed E-state index contributed by atoms with van der Waals surface area (Å²) in [5.74, 6) is 0.699. The standard InChI is InChI=1S/C53H37IN4/c54-47-26-11-10-23-45(47)43-25-13-24-42(44(43)30-28-36-15-4-1-5-16-36)39-29-31-50-46(34-39)52-51(27-14-32-55-52)58(50)41-22-12-21-40(33-41)49-35-48(37-17-6-2-7-18-37)56-53(57-49)38-19-8-3-9-20-38/h1-27,29,31-35H,28,30H2. The molecule has 276 valence electrons. The van der Waals surface area contributed by atoms with Crippen molar-refractivity contribution in [2.75, 3.05) is 0 Å². The summed E-state index contributed by atoms with van der Waals surface area (Å²) in [4.78, 5) is 15.2. The maximum Gasteiger partial charge on any atom is 0.160 e. The normalized spacial score (nSPS) is 11.3. The number of benzene rings is 7. The summed E-state index contributed by atoms with van der Waals surface area (Å²) in [5.41, 5.74) is 16.7. The van der Waals surface area contributed by atoms with Crippen molar-refractivity contribution in [3.63, 3.8) is 0 Å². The van der Waals surface area contributed by atoms with E-state index in [0.29, 0.717) is 5.82 Å². The Kier molecular flexibility index (Phi) is 9.65. The lowest BCUT2D eigenvalue weighted by Crippen LogP contribution is -1.99. The van der Waals surface area contributed by atoms with Gasteiger partial charge in [-0.15, -0.1) is 0 Å². The molecule has 0 atom stereocenters. The lowest BCUT2D eigenvalue weighted by atomic mass is 9.88. The molecule has 0 spiro atoms. The Morgan fingerprint density at radius 3 is 1.90 bits per heavy atom. The molecule has 10 aromatic rings. The minimum Gasteiger partial charge on any atom is -0.308 e. The highest BCUT2D eigenvalue weighted by atomic mass is 127. The van der Waals surface area contributed by atoms with Crippen molar-refractivity contribution in [1.82, 2.24) is 19.5 Å². The third kappa shape index (κ3) is 6.88. The molecule has 0 unspecified atom stereocenters. The summed E-state index contributed by atoms with van der Waals surface area (Å²) in [5, 5.41) is 1.12. The van der Waals surface area contributed by atoms with E-state index in [2.05, 4.69) is 179 Å². The molecule has 7 aromatic carbocycles. The second kappa shape index (κ2) is 15.7. The fraction of sp³-hybridized carbons (Fsp3) is 0.0377. The summed E-state index contributed by atoms with van der Waals surface area (Å²) < 4.78 is 3.58. The van der Waals surface area contributed by atoms with Gasteiger partial charge in [0.05, 0.1) is 27.9 Å². The van der Waals surface area contributed by atoms with Crippen LogP contribution in [0.25, 0.3) is 83.8 Å². The zero-order valence-electron chi connectivity index (χ0n) is 31.6. The quantitative estimate of drug-likeness (QED) is 0.136. The maximum atomic E-state index is 5.14. The Morgan fingerprint density at radius 2 is 1.10 bits per heavy atom. The summed E-state index contributed by atoms with van der Waals surface area (Å²) in [6.07, 6.45) is 3.78. The molecule has 3 aromatic heterocycles. The van der Waals surface area contributed by atoms with Gasteiger partial charge in [-0.2, -0.15) is 0 Å². The van der Waals surface area contributed by atoms with E-state index in [4.69, 9.17) is 15.0 Å². The Balaban J connectivity index is 1.11. The molecule has 0 aliphatic heterocycles. The van der Waals surface area contributed by atoms with Gasteiger partial charge in [-0.25, -0.2) is 9.97 Å². The van der Waals surface area contributed by atoms with Gasteiger partial charge in [0.15, 0.2) is 5.82 Å². The third-order valence-electron chi connectivity index (χ3n) is 10.9. The van der Waals surface area contributed by atoms with Gasteiger partial charge in [0.1, 0.15) is 0 Å². The second-order valence-electron chi connectivity index (χ2n) is 14.5. The van der Waals surface area contributed by atoms with Crippen LogP contribution >= 0.6 is 22.6 Å². The molecule has 0 fully saturated rings. The van der Waals surface area contributed by atoms with Crippen LogP contribution in [-0.2, 0) is 12.8 Å². The Morgan fingerprint density at radius 1 is 0.448 bits per heavy atom. The molecule has 5 heteroatoms. The monoisotopic (exact) mass is 856 g/mol. The molecule has 0 radical (unpaired) electrons. The van der Waals surface area contributed by atoms with Crippen LogP contribution in [0.1, 0.15) is 11.1 Å². The van der Waals surface area contributed by atoms with E-state index in [-0.39, 0.29) is 0 Å². The van der Waals surface area contributed by atoms with Gasteiger partial charge in [-0.05, 0) is 117 Å². The van der Waals surface area contributed by atoms with Crippen molar-refractivity contribution in [2.45, 2.75) is 12.8 Å². The molecule has 3 heterocycles. The molecule has 10 rings (SSSR count). The summed E-state index contributed by atoms with van der Waals surface area (Å²) in [6, 6.07) is 68.7. The zero-order valence-corrected chi connectivity index (χ0v) is 33.8. The molecule has 0 aliphatic carbocycles. The molecule has 0 N–H and O–H groups in total. The largest absolute Gasteiger partial charge is 0.308 e. The fourth-order valence-electron chi connectivity index (χ4n) is 8.13. The zero-order chi connectivity index (χ0) is 38.8. The average Bonchev–Trinajstić information content (AvgIpc) is 3.63. The van der Waals surface area contributed by atoms with Crippen LogP contribution in [0.3, 0.4) is 0 Å². The number of hydrogen-bond donors (Lipinski definition) is 0. The van der Waals surface area contributed by atoms with Crippen LogP contribution in [0.5, 0.6) is 0 Å². The summed E-state index contributed by atoms with van der Waals surface area (Å²) >= 11 is 2.47. The van der Waals surface area contributed by atoms with Crippen molar-refractivity contribution in [1.29, 1.82) is 0 Å². The topological polar surface area (TPSA) is 43.6 Å². The molecule has 0 amide bonds. The van der Waals surface area contributed by atoms with Gasteiger partial charge in [0.2, 0.25) is 0 Å². The number of fused-ring (bicyclic) bond motifs is 3. The number of hydrogen-bond acceptors (Lipinski definition) is 3. The van der Waals surface area contributed by atoms with Crippen LogP contribution < -0.4 is 0 Å². The summed E-state index contributed by atoms with van der Waals surface area (Å²) in [7, 11) is 0. The van der Waals surface area contributed by atoms with Crippen LogP contribution in [0.4, 0.5) is 0 Å². The van der Waals surface area contributed by atoms with Crippen molar-refractivity contribution in [3.8, 4) is 61.8 Å². The molecule has 0 saturated heterocycles. The number of aryl methyl sites for hydroxylation is 1. The molecule has 0 bridgehead atoms. The van der Waals surface area contributed by atoms with E-state index in [0.717, 1.165) is 68.5 Å². The minimum absolute atomic E-state index is 0.699. The maximum absolute atomic E-state index is 5.14.